The van der Waals surface area contributed by atoms with Crippen molar-refractivity contribution in [1.82, 2.24) is 14.9 Å². The first-order chi connectivity index (χ1) is 14.9. The van der Waals surface area contributed by atoms with Gasteiger partial charge in [-0.1, -0.05) is 13.3 Å². The fourth-order valence-corrected chi connectivity index (χ4v) is 3.91. The highest BCUT2D eigenvalue weighted by Gasteiger charge is 2.30. The Balaban J connectivity index is 1.78. The topological polar surface area (TPSA) is 107 Å². The number of aromatic nitrogens is 1. The predicted octanol–water partition coefficient (Wildman–Crippen LogP) is 3.58. The van der Waals surface area contributed by atoms with Gasteiger partial charge < -0.3 is 25.1 Å². The number of likely N-dealkylation sites (N-methyl/N-ethyl adjacent to an activating group) is 1. The van der Waals surface area contributed by atoms with Crippen LogP contribution < -0.4 is 16.3 Å². The predicted molar refractivity (Wildman–Crippen MR) is 121 cm³/mol. The minimum atomic E-state index is -0.406. The summed E-state index contributed by atoms with van der Waals surface area (Å²) in [5, 5.41) is 1.38. The molecule has 2 fully saturated rings. The number of pyridine rings is 1. The van der Waals surface area contributed by atoms with Crippen molar-refractivity contribution < 1.29 is 14.3 Å². The molecule has 0 unspecified atom stereocenters. The third-order valence-corrected chi connectivity index (χ3v) is 5.91. The molecule has 2 aliphatic carbocycles. The van der Waals surface area contributed by atoms with Crippen molar-refractivity contribution in [2.75, 3.05) is 27.2 Å². The van der Waals surface area contributed by atoms with Crippen molar-refractivity contribution >= 4 is 11.8 Å². The average molecular weight is 432 g/mol. The SMILES string of the molecule is CCCN(C)C(=O)OC/C(=C(/N)c1ccc(OC2CCCCC2)c(C2CC2)n1)N(C)N. The molecule has 172 valence electrons. The largest absolute Gasteiger partial charge is 0.489 e. The van der Waals surface area contributed by atoms with Crippen LogP contribution in [0.25, 0.3) is 5.70 Å². The summed E-state index contributed by atoms with van der Waals surface area (Å²) in [6.07, 6.45) is 8.92. The second kappa shape index (κ2) is 10.7. The van der Waals surface area contributed by atoms with Crippen LogP contribution in [0, 0.1) is 0 Å². The number of rotatable bonds is 9. The van der Waals surface area contributed by atoms with E-state index in [1.807, 2.05) is 19.1 Å². The Bertz CT molecular complexity index is 785. The zero-order valence-electron chi connectivity index (χ0n) is 19.1. The van der Waals surface area contributed by atoms with E-state index in [0.29, 0.717) is 29.6 Å². The van der Waals surface area contributed by atoms with Gasteiger partial charge in [-0.3, -0.25) is 0 Å². The highest BCUT2D eigenvalue weighted by molar-refractivity contribution is 5.68. The molecule has 1 aromatic heterocycles. The molecule has 1 aromatic rings. The smallest absolute Gasteiger partial charge is 0.409 e. The van der Waals surface area contributed by atoms with Crippen LogP contribution in [0.3, 0.4) is 0 Å². The number of carbonyl (C=O) groups excluding carboxylic acids is 1. The maximum absolute atomic E-state index is 12.2. The Morgan fingerprint density at radius 3 is 2.48 bits per heavy atom. The number of ether oxygens (including phenoxy) is 2. The molecule has 31 heavy (non-hydrogen) atoms. The van der Waals surface area contributed by atoms with Gasteiger partial charge in [0.25, 0.3) is 0 Å². The molecule has 0 aliphatic heterocycles. The number of hydrazine groups is 1. The Morgan fingerprint density at radius 2 is 1.87 bits per heavy atom. The van der Waals surface area contributed by atoms with Crippen LogP contribution in [0.15, 0.2) is 17.8 Å². The second-order valence-corrected chi connectivity index (χ2v) is 8.68. The lowest BCUT2D eigenvalue weighted by Crippen LogP contribution is -2.34. The van der Waals surface area contributed by atoms with Gasteiger partial charge in [0.15, 0.2) is 0 Å². The molecule has 0 bridgehead atoms. The summed E-state index contributed by atoms with van der Waals surface area (Å²) < 4.78 is 11.7. The number of carbonyl (C=O) groups is 1. The van der Waals surface area contributed by atoms with Crippen molar-refractivity contribution in [3.8, 4) is 5.75 Å². The van der Waals surface area contributed by atoms with Gasteiger partial charge in [-0.25, -0.2) is 15.6 Å². The first-order valence-corrected chi connectivity index (χ1v) is 11.4. The number of nitrogens with zero attached hydrogens (tertiary/aromatic N) is 3. The van der Waals surface area contributed by atoms with E-state index in [2.05, 4.69) is 0 Å². The zero-order chi connectivity index (χ0) is 22.4. The van der Waals surface area contributed by atoms with Gasteiger partial charge in [0.2, 0.25) is 0 Å². The fraction of sp³-hybridized carbons (Fsp3) is 0.652. The number of amides is 1. The summed E-state index contributed by atoms with van der Waals surface area (Å²) in [7, 11) is 3.38. The number of hydrogen-bond acceptors (Lipinski definition) is 7. The van der Waals surface area contributed by atoms with E-state index < -0.39 is 6.09 Å². The molecule has 2 saturated carbocycles. The molecule has 0 atom stereocenters. The lowest BCUT2D eigenvalue weighted by atomic mass is 9.98. The highest BCUT2D eigenvalue weighted by Crippen LogP contribution is 2.44. The van der Waals surface area contributed by atoms with Gasteiger partial charge in [-0.05, 0) is 57.1 Å². The molecule has 0 radical (unpaired) electrons. The standard InChI is InChI=1S/C23H37N5O3/c1-4-14-27(2)23(29)30-15-19(28(3)25)21(24)18-12-13-20(22(26-18)16-10-11-16)31-17-8-6-5-7-9-17/h12-13,16-17H,4-11,14-15,24-25H2,1-3H3/b21-19-. The van der Waals surface area contributed by atoms with Gasteiger partial charge in [-0.15, -0.1) is 0 Å². The van der Waals surface area contributed by atoms with Crippen LogP contribution >= 0.6 is 0 Å². The van der Waals surface area contributed by atoms with E-state index in [4.69, 9.17) is 26.0 Å². The summed E-state index contributed by atoms with van der Waals surface area (Å²) in [5.41, 5.74) is 8.95. The van der Waals surface area contributed by atoms with E-state index in [0.717, 1.165) is 43.5 Å². The molecule has 0 spiro atoms. The van der Waals surface area contributed by atoms with E-state index in [9.17, 15) is 4.79 Å². The van der Waals surface area contributed by atoms with Gasteiger partial charge in [-0.2, -0.15) is 0 Å². The van der Waals surface area contributed by atoms with Gasteiger partial charge >= 0.3 is 6.09 Å². The Morgan fingerprint density at radius 1 is 1.16 bits per heavy atom. The Hall–Kier alpha value is -2.48. The molecular formula is C23H37N5O3. The molecule has 4 N–H and O–H groups in total. The summed E-state index contributed by atoms with van der Waals surface area (Å²) in [6, 6.07) is 3.85. The third kappa shape index (κ3) is 6.26. The van der Waals surface area contributed by atoms with Crippen molar-refractivity contribution in [1.29, 1.82) is 0 Å². The van der Waals surface area contributed by atoms with Crippen LogP contribution in [0.2, 0.25) is 0 Å². The molecular weight excluding hydrogens is 394 g/mol. The molecule has 0 saturated heterocycles. The van der Waals surface area contributed by atoms with Crippen LogP contribution in [-0.4, -0.2) is 54.3 Å². The monoisotopic (exact) mass is 431 g/mol. The number of hydrogen-bond donors (Lipinski definition) is 2. The summed E-state index contributed by atoms with van der Waals surface area (Å²) in [6.45, 7) is 2.61. The lowest BCUT2D eigenvalue weighted by molar-refractivity contribution is 0.113. The van der Waals surface area contributed by atoms with Crippen LogP contribution in [0.4, 0.5) is 4.79 Å². The van der Waals surface area contributed by atoms with Crippen LogP contribution in [0.1, 0.15) is 75.6 Å². The summed E-state index contributed by atoms with van der Waals surface area (Å²) in [4.78, 5) is 18.5. The van der Waals surface area contributed by atoms with E-state index in [1.54, 1.807) is 14.1 Å². The quantitative estimate of drug-likeness (QED) is 0.454. The maximum atomic E-state index is 12.2. The van der Waals surface area contributed by atoms with Crippen molar-refractivity contribution in [2.45, 2.75) is 70.3 Å². The van der Waals surface area contributed by atoms with Crippen LogP contribution in [0.5, 0.6) is 5.75 Å². The van der Waals surface area contributed by atoms with Crippen molar-refractivity contribution in [3.63, 3.8) is 0 Å². The molecule has 8 nitrogen and oxygen atoms in total. The van der Waals surface area contributed by atoms with Gasteiger partial charge in [0.05, 0.1) is 28.9 Å². The average Bonchev–Trinajstić information content (AvgIpc) is 3.60. The number of nitrogens with two attached hydrogens (primary N) is 2. The first kappa shape index (κ1) is 23.2. The molecule has 2 aliphatic rings. The van der Waals surface area contributed by atoms with E-state index >= 15 is 0 Å². The van der Waals surface area contributed by atoms with E-state index in [1.165, 1.54) is 29.2 Å². The van der Waals surface area contributed by atoms with Crippen molar-refractivity contribution in [3.05, 3.63) is 29.2 Å². The minimum absolute atomic E-state index is 0.0213. The summed E-state index contributed by atoms with van der Waals surface area (Å²) in [5.74, 6) is 7.30. The van der Waals surface area contributed by atoms with Gasteiger partial charge in [0, 0.05) is 26.6 Å². The van der Waals surface area contributed by atoms with E-state index in [-0.39, 0.29) is 12.7 Å². The van der Waals surface area contributed by atoms with Crippen molar-refractivity contribution in [2.24, 2.45) is 11.6 Å². The fourth-order valence-electron chi connectivity index (χ4n) is 3.91. The first-order valence-electron chi connectivity index (χ1n) is 11.4. The Labute approximate surface area is 185 Å². The zero-order valence-corrected chi connectivity index (χ0v) is 19.1. The third-order valence-electron chi connectivity index (χ3n) is 5.91. The lowest BCUT2D eigenvalue weighted by Gasteiger charge is -2.25. The minimum Gasteiger partial charge on any atom is -0.489 e. The molecule has 8 heteroatoms. The second-order valence-electron chi connectivity index (χ2n) is 8.68. The molecule has 1 amide bonds. The molecule has 1 heterocycles. The van der Waals surface area contributed by atoms with Crippen LogP contribution in [-0.2, 0) is 4.74 Å². The molecule has 0 aromatic carbocycles. The molecule has 3 rings (SSSR count). The normalized spacial score (nSPS) is 17.7. The Kier molecular flexibility index (Phi) is 8.01. The summed E-state index contributed by atoms with van der Waals surface area (Å²) >= 11 is 0. The maximum Gasteiger partial charge on any atom is 0.409 e. The highest BCUT2D eigenvalue weighted by atomic mass is 16.6. The van der Waals surface area contributed by atoms with Gasteiger partial charge in [0.1, 0.15) is 12.4 Å².